The molecule has 144 valence electrons. The van der Waals surface area contributed by atoms with E-state index in [0.717, 1.165) is 49.9 Å². The first kappa shape index (κ1) is 20.0. The smallest absolute Gasteiger partial charge is 0.222 e. The van der Waals surface area contributed by atoms with Gasteiger partial charge in [-0.15, -0.1) is 0 Å². The summed E-state index contributed by atoms with van der Waals surface area (Å²) in [6.07, 6.45) is 3.42. The van der Waals surface area contributed by atoms with Crippen LogP contribution in [0.25, 0.3) is 0 Å². The first-order chi connectivity index (χ1) is 12.6. The van der Waals surface area contributed by atoms with Gasteiger partial charge in [0, 0.05) is 58.4 Å². The first-order valence-electron chi connectivity index (χ1n) is 9.56. The molecular formula is C19H32N6O. The quantitative estimate of drug-likeness (QED) is 0.571. The highest BCUT2D eigenvalue weighted by Crippen LogP contribution is 2.12. The fourth-order valence-electron chi connectivity index (χ4n) is 3.16. The molecule has 1 unspecified atom stereocenters. The van der Waals surface area contributed by atoms with E-state index < -0.39 is 0 Å². The third kappa shape index (κ3) is 5.34. The molecule has 0 saturated carbocycles. The summed E-state index contributed by atoms with van der Waals surface area (Å²) in [6, 6.07) is 4.41. The highest BCUT2D eigenvalue weighted by Gasteiger charge is 2.25. The maximum Gasteiger partial charge on any atom is 0.222 e. The fourth-order valence-corrected chi connectivity index (χ4v) is 3.16. The molecule has 0 radical (unpaired) electrons. The van der Waals surface area contributed by atoms with E-state index >= 15 is 0 Å². The molecule has 0 spiro atoms. The Bertz CT molecular complexity index is 597. The summed E-state index contributed by atoms with van der Waals surface area (Å²) in [5, 5.41) is 6.74. The average Bonchev–Trinajstić information content (AvgIpc) is 3.15. The summed E-state index contributed by atoms with van der Waals surface area (Å²) in [7, 11) is 1.76. The van der Waals surface area contributed by atoms with Crippen molar-refractivity contribution in [2.24, 2.45) is 4.99 Å². The molecule has 0 aliphatic carbocycles. The van der Waals surface area contributed by atoms with Crippen LogP contribution in [-0.2, 0) is 11.3 Å². The number of aromatic nitrogens is 1. The number of carbonyl (C=O) groups excluding carboxylic acids is 1. The zero-order valence-electron chi connectivity index (χ0n) is 16.5. The molecule has 0 bridgehead atoms. The van der Waals surface area contributed by atoms with E-state index in [9.17, 15) is 4.79 Å². The van der Waals surface area contributed by atoms with Crippen molar-refractivity contribution in [3.8, 4) is 0 Å². The Labute approximate surface area is 156 Å². The average molecular weight is 361 g/mol. The van der Waals surface area contributed by atoms with E-state index in [1.807, 2.05) is 18.0 Å². The Morgan fingerprint density at radius 1 is 1.35 bits per heavy atom. The highest BCUT2D eigenvalue weighted by atomic mass is 16.2. The van der Waals surface area contributed by atoms with Crippen molar-refractivity contribution in [1.82, 2.24) is 20.5 Å². The molecule has 2 N–H and O–H groups in total. The Morgan fingerprint density at radius 2 is 2.12 bits per heavy atom. The maximum atomic E-state index is 11.8. The van der Waals surface area contributed by atoms with E-state index in [1.165, 1.54) is 0 Å². The zero-order chi connectivity index (χ0) is 18.9. The highest BCUT2D eigenvalue weighted by molar-refractivity contribution is 5.80. The molecule has 1 aliphatic rings. The SMILES string of the molecule is CCC(=O)N1CCC(NC(=NC)NCc2ccc(N(CC)CC)nc2)C1. The molecule has 0 aromatic carbocycles. The molecule has 1 aliphatic heterocycles. The second kappa shape index (κ2) is 9.99. The number of nitrogens with one attached hydrogen (secondary N) is 2. The summed E-state index contributed by atoms with van der Waals surface area (Å²) >= 11 is 0. The lowest BCUT2D eigenvalue weighted by Crippen LogP contribution is -2.44. The number of anilines is 1. The molecule has 7 heteroatoms. The normalized spacial score (nSPS) is 17.3. The molecule has 1 atom stereocenters. The van der Waals surface area contributed by atoms with Crippen molar-refractivity contribution in [3.05, 3.63) is 23.9 Å². The molecule has 1 aromatic heterocycles. The number of nitrogens with zero attached hydrogens (tertiary/aromatic N) is 4. The van der Waals surface area contributed by atoms with E-state index in [-0.39, 0.29) is 11.9 Å². The number of rotatable bonds is 7. The van der Waals surface area contributed by atoms with Gasteiger partial charge in [0.15, 0.2) is 5.96 Å². The Hall–Kier alpha value is -2.31. The van der Waals surface area contributed by atoms with Crippen LogP contribution in [-0.4, -0.2) is 61.0 Å². The number of amides is 1. The van der Waals surface area contributed by atoms with Crippen LogP contribution in [0.5, 0.6) is 0 Å². The molecule has 1 fully saturated rings. The van der Waals surface area contributed by atoms with Crippen molar-refractivity contribution >= 4 is 17.7 Å². The molecule has 2 rings (SSSR count). The Morgan fingerprint density at radius 3 is 2.69 bits per heavy atom. The van der Waals surface area contributed by atoms with Crippen LogP contribution in [0.2, 0.25) is 0 Å². The summed E-state index contributed by atoms with van der Waals surface area (Å²) in [5.41, 5.74) is 1.11. The third-order valence-corrected chi connectivity index (χ3v) is 4.76. The number of hydrogen-bond donors (Lipinski definition) is 2. The van der Waals surface area contributed by atoms with Gasteiger partial charge in [0.2, 0.25) is 5.91 Å². The summed E-state index contributed by atoms with van der Waals surface area (Å²) in [6.45, 7) is 10.3. The van der Waals surface area contributed by atoms with Crippen molar-refractivity contribution in [1.29, 1.82) is 0 Å². The predicted molar refractivity (Wildman–Crippen MR) is 106 cm³/mol. The lowest BCUT2D eigenvalue weighted by Gasteiger charge is -2.20. The second-order valence-electron chi connectivity index (χ2n) is 6.45. The molecule has 1 saturated heterocycles. The lowest BCUT2D eigenvalue weighted by molar-refractivity contribution is -0.129. The number of likely N-dealkylation sites (tertiary alicyclic amines) is 1. The molecule has 26 heavy (non-hydrogen) atoms. The van der Waals surface area contributed by atoms with E-state index in [2.05, 4.69) is 51.5 Å². The van der Waals surface area contributed by atoms with Crippen molar-refractivity contribution in [3.63, 3.8) is 0 Å². The predicted octanol–water partition coefficient (Wildman–Crippen LogP) is 1.60. The van der Waals surface area contributed by atoms with Gasteiger partial charge in [-0.05, 0) is 31.9 Å². The fraction of sp³-hybridized carbons (Fsp3) is 0.632. The van der Waals surface area contributed by atoms with E-state index in [4.69, 9.17) is 0 Å². The molecule has 7 nitrogen and oxygen atoms in total. The van der Waals surface area contributed by atoms with Gasteiger partial charge in [-0.1, -0.05) is 13.0 Å². The summed E-state index contributed by atoms with van der Waals surface area (Å²) in [4.78, 5) is 24.8. The van der Waals surface area contributed by atoms with Crippen LogP contribution in [0.3, 0.4) is 0 Å². The van der Waals surface area contributed by atoms with Gasteiger partial charge in [0.25, 0.3) is 0 Å². The van der Waals surface area contributed by atoms with Crippen LogP contribution >= 0.6 is 0 Å². The summed E-state index contributed by atoms with van der Waals surface area (Å²) < 4.78 is 0. The Kier molecular flexibility index (Phi) is 7.69. The van der Waals surface area contributed by atoms with Crippen LogP contribution in [0.4, 0.5) is 5.82 Å². The minimum absolute atomic E-state index is 0.219. The van der Waals surface area contributed by atoms with Gasteiger partial charge < -0.3 is 20.4 Å². The van der Waals surface area contributed by atoms with Crippen molar-refractivity contribution in [2.45, 2.75) is 46.2 Å². The zero-order valence-corrected chi connectivity index (χ0v) is 16.5. The van der Waals surface area contributed by atoms with E-state index in [1.54, 1.807) is 7.05 Å². The largest absolute Gasteiger partial charge is 0.357 e. The van der Waals surface area contributed by atoms with Crippen LogP contribution in [0.15, 0.2) is 23.3 Å². The first-order valence-corrected chi connectivity index (χ1v) is 9.56. The minimum Gasteiger partial charge on any atom is -0.357 e. The molecule has 2 heterocycles. The number of aliphatic imine (C=N–C) groups is 1. The Balaban J connectivity index is 1.83. The minimum atomic E-state index is 0.219. The molecule has 1 amide bonds. The van der Waals surface area contributed by atoms with Gasteiger partial charge in [-0.25, -0.2) is 4.98 Å². The van der Waals surface area contributed by atoms with Crippen LogP contribution in [0.1, 0.15) is 39.2 Å². The lowest BCUT2D eigenvalue weighted by atomic mass is 10.2. The standard InChI is InChI=1S/C19H32N6O/c1-5-18(26)25-11-10-16(14-25)23-19(20-4)22-13-15-8-9-17(21-12-15)24(6-2)7-3/h8-9,12,16H,5-7,10-11,13-14H2,1-4H3,(H2,20,22,23). The van der Waals surface area contributed by atoms with Crippen molar-refractivity contribution < 1.29 is 4.79 Å². The van der Waals surface area contributed by atoms with Crippen molar-refractivity contribution in [2.75, 3.05) is 38.1 Å². The van der Waals surface area contributed by atoms with Gasteiger partial charge >= 0.3 is 0 Å². The van der Waals surface area contributed by atoms with Gasteiger partial charge in [-0.2, -0.15) is 0 Å². The maximum absolute atomic E-state index is 11.8. The number of carbonyl (C=O) groups is 1. The molecule has 1 aromatic rings. The number of pyridine rings is 1. The number of guanidine groups is 1. The number of hydrogen-bond acceptors (Lipinski definition) is 4. The summed E-state index contributed by atoms with van der Waals surface area (Å²) in [5.74, 6) is 1.98. The second-order valence-corrected chi connectivity index (χ2v) is 6.45. The van der Waals surface area contributed by atoms with E-state index in [0.29, 0.717) is 13.0 Å². The monoisotopic (exact) mass is 360 g/mol. The van der Waals surface area contributed by atoms with Gasteiger partial charge in [0.1, 0.15) is 5.82 Å². The van der Waals surface area contributed by atoms with Gasteiger partial charge in [0.05, 0.1) is 0 Å². The van der Waals surface area contributed by atoms with Crippen LogP contribution in [0, 0.1) is 0 Å². The topological polar surface area (TPSA) is 72.9 Å². The molecular weight excluding hydrogens is 328 g/mol. The van der Waals surface area contributed by atoms with Crippen LogP contribution < -0.4 is 15.5 Å². The van der Waals surface area contributed by atoms with Gasteiger partial charge in [-0.3, -0.25) is 9.79 Å². The third-order valence-electron chi connectivity index (χ3n) is 4.76.